The molecule has 0 saturated heterocycles. The van der Waals surface area contributed by atoms with Crippen LogP contribution in [-0.2, 0) is 0 Å². The second kappa shape index (κ2) is 4.44. The molecule has 0 saturated carbocycles. The molecule has 0 aliphatic rings. The van der Waals surface area contributed by atoms with E-state index in [9.17, 15) is 0 Å². The summed E-state index contributed by atoms with van der Waals surface area (Å²) in [5.41, 5.74) is 0.808. The van der Waals surface area contributed by atoms with Gasteiger partial charge in [0.2, 0.25) is 0 Å². The van der Waals surface area contributed by atoms with Crippen LogP contribution in [0.4, 0.5) is 0 Å². The van der Waals surface area contributed by atoms with Gasteiger partial charge < -0.3 is 0 Å². The van der Waals surface area contributed by atoms with Crippen molar-refractivity contribution in [1.29, 1.82) is 0 Å². The molecule has 0 aromatic carbocycles. The maximum absolute atomic E-state index is 5.31. The molecule has 0 fully saturated rings. The second-order valence-corrected chi connectivity index (χ2v) is 1.53. The Hall–Kier alpha value is -0.715. The smallest absolute Gasteiger partial charge is 0.107 e. The summed E-state index contributed by atoms with van der Waals surface area (Å²) in [6.45, 7) is 5.34. The van der Waals surface area contributed by atoms with Crippen LogP contribution in [0.3, 0.4) is 0 Å². The summed E-state index contributed by atoms with van der Waals surface area (Å²) >= 11 is 0. The molecular weight excluding hydrogens is 94.9 g/mol. The number of hydrogen-bond donors (Lipinski definition) is 0. The normalized spacial score (nSPS) is 12.4. The monoisotopic (exact) mass is 104 g/mol. The van der Waals surface area contributed by atoms with Crippen LogP contribution >= 0.6 is 0 Å². The molecule has 0 aromatic rings. The van der Waals surface area contributed by atoms with Crippen molar-refractivity contribution in [2.75, 3.05) is 0 Å². The molecule has 0 bridgehead atoms. The molecule has 0 aliphatic heterocycles. The highest BCUT2D eigenvalue weighted by Crippen LogP contribution is 1.83. The Bertz CT molecular complexity index is 116. The van der Waals surface area contributed by atoms with E-state index in [1.807, 2.05) is 25.2 Å². The molecule has 0 unspecified atom stereocenters. The van der Waals surface area contributed by atoms with Crippen LogP contribution in [0.15, 0.2) is 36.4 Å². The van der Waals surface area contributed by atoms with E-state index in [2.05, 4.69) is 6.58 Å². The van der Waals surface area contributed by atoms with E-state index in [0.717, 1.165) is 5.47 Å². The predicted octanol–water partition coefficient (Wildman–Crippen LogP) is 1.80. The van der Waals surface area contributed by atoms with E-state index in [-0.39, 0.29) is 0 Å². The number of hydrogen-bond acceptors (Lipinski definition) is 0. The summed E-state index contributed by atoms with van der Waals surface area (Å²) in [7, 11) is 5.31. The fourth-order valence-corrected chi connectivity index (χ4v) is 0.286. The SMILES string of the molecule is [B]/C(C)=C/C=C\C=C. The minimum absolute atomic E-state index is 0.808. The molecule has 0 aliphatic carbocycles. The minimum atomic E-state index is 0.808. The van der Waals surface area contributed by atoms with Crippen LogP contribution in [0.2, 0.25) is 0 Å². The maximum Gasteiger partial charge on any atom is 0.107 e. The molecule has 0 rings (SSSR count). The lowest BCUT2D eigenvalue weighted by atomic mass is 9.98. The summed E-state index contributed by atoms with van der Waals surface area (Å²) in [6, 6.07) is 0. The molecule has 2 radical (unpaired) electrons. The Morgan fingerprint density at radius 1 is 1.50 bits per heavy atom. The molecule has 40 valence electrons. The van der Waals surface area contributed by atoms with Crippen molar-refractivity contribution >= 4 is 7.85 Å². The van der Waals surface area contributed by atoms with E-state index in [0.29, 0.717) is 0 Å². The first-order valence-corrected chi connectivity index (χ1v) is 2.49. The van der Waals surface area contributed by atoms with Crippen molar-refractivity contribution in [1.82, 2.24) is 0 Å². The lowest BCUT2D eigenvalue weighted by Gasteiger charge is -1.78. The van der Waals surface area contributed by atoms with Gasteiger partial charge in [-0.25, -0.2) is 0 Å². The zero-order chi connectivity index (χ0) is 6.41. The first-order valence-electron chi connectivity index (χ1n) is 2.49. The van der Waals surface area contributed by atoms with Crippen LogP contribution in [0.5, 0.6) is 0 Å². The van der Waals surface area contributed by atoms with Crippen molar-refractivity contribution < 1.29 is 0 Å². The predicted molar refractivity (Wildman–Crippen MR) is 38.8 cm³/mol. The highest BCUT2D eigenvalue weighted by molar-refractivity contribution is 6.21. The van der Waals surface area contributed by atoms with E-state index < -0.39 is 0 Å². The van der Waals surface area contributed by atoms with Crippen molar-refractivity contribution in [2.45, 2.75) is 6.92 Å². The van der Waals surface area contributed by atoms with Gasteiger partial charge in [0.25, 0.3) is 0 Å². The van der Waals surface area contributed by atoms with Crippen molar-refractivity contribution in [3.8, 4) is 0 Å². The van der Waals surface area contributed by atoms with Gasteiger partial charge in [-0.15, -0.1) is 5.47 Å². The summed E-state index contributed by atoms with van der Waals surface area (Å²) in [6.07, 6.45) is 7.21. The zero-order valence-corrected chi connectivity index (χ0v) is 5.09. The summed E-state index contributed by atoms with van der Waals surface area (Å²) in [5.74, 6) is 0. The quantitative estimate of drug-likeness (QED) is 0.370. The highest BCUT2D eigenvalue weighted by Gasteiger charge is 1.66. The van der Waals surface area contributed by atoms with Crippen LogP contribution in [0.25, 0.3) is 0 Å². The number of allylic oxidation sites excluding steroid dienone is 5. The Morgan fingerprint density at radius 3 is 2.50 bits per heavy atom. The summed E-state index contributed by atoms with van der Waals surface area (Å²) in [5, 5.41) is 0. The molecule has 0 heterocycles. The summed E-state index contributed by atoms with van der Waals surface area (Å²) in [4.78, 5) is 0. The third kappa shape index (κ3) is 5.28. The van der Waals surface area contributed by atoms with Crippen LogP contribution in [-0.4, -0.2) is 7.85 Å². The van der Waals surface area contributed by atoms with Crippen LogP contribution in [0.1, 0.15) is 6.92 Å². The molecule has 0 nitrogen and oxygen atoms in total. The van der Waals surface area contributed by atoms with Gasteiger partial charge >= 0.3 is 0 Å². The Labute approximate surface area is 52.0 Å². The molecule has 0 amide bonds. The van der Waals surface area contributed by atoms with Crippen molar-refractivity contribution in [3.63, 3.8) is 0 Å². The fraction of sp³-hybridized carbons (Fsp3) is 0.143. The van der Waals surface area contributed by atoms with Gasteiger partial charge in [0.1, 0.15) is 7.85 Å². The van der Waals surface area contributed by atoms with Gasteiger partial charge in [-0.1, -0.05) is 37.8 Å². The van der Waals surface area contributed by atoms with Gasteiger partial charge in [-0.05, 0) is 0 Å². The zero-order valence-electron chi connectivity index (χ0n) is 5.09. The average Bonchev–Trinajstić information content (AvgIpc) is 1.66. The highest BCUT2D eigenvalue weighted by atomic mass is 13.7. The minimum Gasteiger partial charge on any atom is -0.121 e. The van der Waals surface area contributed by atoms with Crippen LogP contribution in [0, 0.1) is 0 Å². The molecule has 0 N–H and O–H groups in total. The standard InChI is InChI=1S/C7H9B/c1-3-4-5-6-7(2)8/h3-6H,1H2,2H3/b5-4-,7-6+. The third-order valence-electron chi connectivity index (χ3n) is 0.606. The van der Waals surface area contributed by atoms with Crippen molar-refractivity contribution in [2.24, 2.45) is 0 Å². The summed E-state index contributed by atoms with van der Waals surface area (Å²) < 4.78 is 0. The average molecular weight is 104 g/mol. The molecular formula is C7H9B. The largest absolute Gasteiger partial charge is 0.121 e. The third-order valence-corrected chi connectivity index (χ3v) is 0.606. The number of rotatable bonds is 2. The van der Waals surface area contributed by atoms with Gasteiger partial charge in [0, 0.05) is 0 Å². The Morgan fingerprint density at radius 2 is 2.12 bits per heavy atom. The lowest BCUT2D eigenvalue weighted by Crippen LogP contribution is -1.65. The van der Waals surface area contributed by atoms with Crippen LogP contribution < -0.4 is 0 Å². The molecule has 0 aromatic heterocycles. The topological polar surface area (TPSA) is 0 Å². The maximum atomic E-state index is 5.31. The van der Waals surface area contributed by atoms with Gasteiger partial charge in [-0.2, -0.15) is 0 Å². The molecule has 0 atom stereocenters. The lowest BCUT2D eigenvalue weighted by molar-refractivity contribution is 1.66. The van der Waals surface area contributed by atoms with E-state index >= 15 is 0 Å². The van der Waals surface area contributed by atoms with Gasteiger partial charge in [-0.3, -0.25) is 0 Å². The Balaban J connectivity index is 3.57. The molecule has 1 heteroatoms. The Kier molecular flexibility index (Phi) is 4.05. The van der Waals surface area contributed by atoms with E-state index in [1.54, 1.807) is 6.08 Å². The van der Waals surface area contributed by atoms with E-state index in [1.165, 1.54) is 0 Å². The van der Waals surface area contributed by atoms with Gasteiger partial charge in [0.05, 0.1) is 0 Å². The second-order valence-electron chi connectivity index (χ2n) is 1.53. The molecule has 8 heavy (non-hydrogen) atoms. The van der Waals surface area contributed by atoms with Gasteiger partial charge in [0.15, 0.2) is 0 Å². The first-order chi connectivity index (χ1) is 3.77. The van der Waals surface area contributed by atoms with Crippen molar-refractivity contribution in [3.05, 3.63) is 36.4 Å². The van der Waals surface area contributed by atoms with E-state index in [4.69, 9.17) is 7.85 Å². The fourth-order valence-electron chi connectivity index (χ4n) is 0.286. The molecule has 0 spiro atoms. The first kappa shape index (κ1) is 7.28.